The number of rotatable bonds is 6. The first kappa shape index (κ1) is 16.9. The average Bonchev–Trinajstić information content (AvgIpc) is 2.43. The van der Waals surface area contributed by atoms with E-state index in [0.717, 1.165) is 6.54 Å². The van der Waals surface area contributed by atoms with Crippen molar-refractivity contribution in [3.05, 3.63) is 0 Å². The van der Waals surface area contributed by atoms with Crippen LogP contribution in [0.2, 0.25) is 0 Å². The van der Waals surface area contributed by atoms with Crippen molar-refractivity contribution in [1.82, 2.24) is 14.7 Å². The molecule has 0 bridgehead atoms. The summed E-state index contributed by atoms with van der Waals surface area (Å²) in [5.74, 6) is 0.137. The van der Waals surface area contributed by atoms with Gasteiger partial charge in [-0.05, 0) is 20.8 Å². The van der Waals surface area contributed by atoms with Gasteiger partial charge in [-0.2, -0.15) is 0 Å². The highest BCUT2D eigenvalue weighted by atomic mass is 16.5. The van der Waals surface area contributed by atoms with E-state index in [1.807, 2.05) is 25.7 Å². The number of ether oxygens (including phenoxy) is 1. The maximum Gasteiger partial charge on any atom is 0.239 e. The largest absolute Gasteiger partial charge is 0.383 e. The van der Waals surface area contributed by atoms with Crippen molar-refractivity contribution in [3.63, 3.8) is 0 Å². The van der Waals surface area contributed by atoms with Gasteiger partial charge in [-0.1, -0.05) is 0 Å². The molecule has 1 fully saturated rings. The molecule has 0 aromatic rings. The van der Waals surface area contributed by atoms with Crippen LogP contribution in [0, 0.1) is 0 Å². The molecule has 1 rings (SSSR count). The summed E-state index contributed by atoms with van der Waals surface area (Å²) in [7, 11) is 3.43. The van der Waals surface area contributed by atoms with Gasteiger partial charge in [-0.15, -0.1) is 0 Å². The number of carbonyl (C=O) groups excluding carboxylic acids is 2. The highest BCUT2D eigenvalue weighted by Gasteiger charge is 2.31. The molecule has 1 saturated heterocycles. The van der Waals surface area contributed by atoms with E-state index >= 15 is 0 Å². The van der Waals surface area contributed by atoms with Gasteiger partial charge >= 0.3 is 0 Å². The number of likely N-dealkylation sites (N-methyl/N-ethyl adjacent to an activating group) is 1. The molecule has 20 heavy (non-hydrogen) atoms. The van der Waals surface area contributed by atoms with Crippen LogP contribution in [0.1, 0.15) is 20.8 Å². The molecule has 0 N–H and O–H groups in total. The number of carbonyl (C=O) groups is 2. The lowest BCUT2D eigenvalue weighted by molar-refractivity contribution is -0.143. The van der Waals surface area contributed by atoms with Gasteiger partial charge in [0, 0.05) is 39.8 Å². The van der Waals surface area contributed by atoms with E-state index in [0.29, 0.717) is 26.2 Å². The molecule has 0 aliphatic carbocycles. The minimum atomic E-state index is -0.254. The van der Waals surface area contributed by atoms with Gasteiger partial charge in [0.25, 0.3) is 0 Å². The van der Waals surface area contributed by atoms with Crippen molar-refractivity contribution in [2.45, 2.75) is 32.9 Å². The monoisotopic (exact) mass is 285 g/mol. The molecule has 6 heteroatoms. The number of amides is 2. The summed E-state index contributed by atoms with van der Waals surface area (Å²) < 4.78 is 4.99. The second-order valence-corrected chi connectivity index (χ2v) is 5.56. The third-order valence-electron chi connectivity index (χ3n) is 3.94. The number of hydrogen-bond acceptors (Lipinski definition) is 4. The van der Waals surface area contributed by atoms with Crippen LogP contribution in [0.3, 0.4) is 0 Å². The van der Waals surface area contributed by atoms with Crippen molar-refractivity contribution in [3.8, 4) is 0 Å². The Balaban J connectivity index is 2.54. The summed E-state index contributed by atoms with van der Waals surface area (Å²) in [5, 5.41) is 0. The SMILES string of the molecule is COCCN1CCN([C@@H](C)C(=O)N(C)C(C)C)CC1=O. The summed E-state index contributed by atoms with van der Waals surface area (Å²) in [4.78, 5) is 29.8. The molecule has 1 aliphatic heterocycles. The molecule has 116 valence electrons. The Labute approximate surface area is 121 Å². The molecule has 2 amide bonds. The molecule has 0 unspecified atom stereocenters. The third kappa shape index (κ3) is 4.18. The van der Waals surface area contributed by atoms with Gasteiger partial charge in [-0.3, -0.25) is 14.5 Å². The lowest BCUT2D eigenvalue weighted by atomic mass is 10.2. The fraction of sp³-hybridized carbons (Fsp3) is 0.857. The summed E-state index contributed by atoms with van der Waals surface area (Å²) in [6.07, 6.45) is 0. The van der Waals surface area contributed by atoms with Crippen molar-refractivity contribution >= 4 is 11.8 Å². The maximum absolute atomic E-state index is 12.3. The zero-order valence-corrected chi connectivity index (χ0v) is 13.3. The Kier molecular flexibility index (Phi) is 6.42. The van der Waals surface area contributed by atoms with E-state index in [1.165, 1.54) is 0 Å². The Morgan fingerprint density at radius 1 is 1.35 bits per heavy atom. The molecule has 0 aromatic carbocycles. The molecule has 1 heterocycles. The normalized spacial score (nSPS) is 18.5. The van der Waals surface area contributed by atoms with Gasteiger partial charge in [-0.25, -0.2) is 0 Å². The lowest BCUT2D eigenvalue weighted by Gasteiger charge is -2.38. The summed E-state index contributed by atoms with van der Waals surface area (Å²) in [5.41, 5.74) is 0. The highest BCUT2D eigenvalue weighted by molar-refractivity contribution is 5.84. The van der Waals surface area contributed by atoms with Gasteiger partial charge in [0.1, 0.15) is 0 Å². The zero-order valence-electron chi connectivity index (χ0n) is 13.3. The van der Waals surface area contributed by atoms with Gasteiger partial charge in [0.05, 0.1) is 19.2 Å². The molecular weight excluding hydrogens is 258 g/mol. The molecule has 1 atom stereocenters. The van der Waals surface area contributed by atoms with E-state index in [4.69, 9.17) is 4.74 Å². The Morgan fingerprint density at radius 2 is 2.00 bits per heavy atom. The van der Waals surface area contributed by atoms with E-state index in [-0.39, 0.29) is 23.9 Å². The van der Waals surface area contributed by atoms with Crippen LogP contribution >= 0.6 is 0 Å². The smallest absolute Gasteiger partial charge is 0.239 e. The fourth-order valence-corrected chi connectivity index (χ4v) is 2.20. The van der Waals surface area contributed by atoms with E-state index in [9.17, 15) is 9.59 Å². The summed E-state index contributed by atoms with van der Waals surface area (Å²) >= 11 is 0. The van der Waals surface area contributed by atoms with Crippen LogP contribution in [-0.2, 0) is 14.3 Å². The van der Waals surface area contributed by atoms with Crippen molar-refractivity contribution in [2.24, 2.45) is 0 Å². The molecule has 0 radical (unpaired) electrons. The first-order valence-electron chi connectivity index (χ1n) is 7.16. The van der Waals surface area contributed by atoms with Crippen LogP contribution in [0.5, 0.6) is 0 Å². The molecule has 0 spiro atoms. The first-order chi connectivity index (χ1) is 9.38. The van der Waals surface area contributed by atoms with Crippen LogP contribution in [0.15, 0.2) is 0 Å². The molecule has 6 nitrogen and oxygen atoms in total. The molecule has 0 saturated carbocycles. The van der Waals surface area contributed by atoms with Crippen LogP contribution in [0.25, 0.3) is 0 Å². The van der Waals surface area contributed by atoms with Gasteiger partial charge < -0.3 is 14.5 Å². The minimum Gasteiger partial charge on any atom is -0.383 e. The maximum atomic E-state index is 12.3. The second-order valence-electron chi connectivity index (χ2n) is 5.56. The molecular formula is C14H27N3O3. The number of hydrogen-bond donors (Lipinski definition) is 0. The quantitative estimate of drug-likeness (QED) is 0.691. The second kappa shape index (κ2) is 7.59. The third-order valence-corrected chi connectivity index (χ3v) is 3.94. The molecule has 0 aromatic heterocycles. The number of methoxy groups -OCH3 is 1. The van der Waals surface area contributed by atoms with Crippen LogP contribution < -0.4 is 0 Å². The lowest BCUT2D eigenvalue weighted by Crippen LogP contribution is -2.57. The van der Waals surface area contributed by atoms with Crippen molar-refractivity contribution in [2.75, 3.05) is 46.9 Å². The number of nitrogens with zero attached hydrogens (tertiary/aromatic N) is 3. The number of piperazine rings is 1. The standard InChI is InChI=1S/C14H27N3O3/c1-11(2)15(4)14(19)12(3)17-7-6-16(8-9-20-5)13(18)10-17/h11-12H,6-10H2,1-5H3/t12-/m0/s1. The van der Waals surface area contributed by atoms with E-state index in [1.54, 1.807) is 24.0 Å². The van der Waals surface area contributed by atoms with Gasteiger partial charge in [0.15, 0.2) is 0 Å². The Bertz CT molecular complexity index is 347. The summed E-state index contributed by atoms with van der Waals surface area (Å²) in [6, 6.07) is -0.0837. The minimum absolute atomic E-state index is 0.0677. The van der Waals surface area contributed by atoms with E-state index in [2.05, 4.69) is 0 Å². The van der Waals surface area contributed by atoms with Gasteiger partial charge in [0.2, 0.25) is 11.8 Å². The highest BCUT2D eigenvalue weighted by Crippen LogP contribution is 2.10. The Morgan fingerprint density at radius 3 is 2.50 bits per heavy atom. The average molecular weight is 285 g/mol. The van der Waals surface area contributed by atoms with Crippen molar-refractivity contribution in [1.29, 1.82) is 0 Å². The van der Waals surface area contributed by atoms with Crippen LogP contribution in [-0.4, -0.2) is 85.5 Å². The zero-order chi connectivity index (χ0) is 15.3. The topological polar surface area (TPSA) is 53.1 Å². The predicted octanol–water partition coefficient (Wildman–Crippen LogP) is 0.0323. The predicted molar refractivity (Wildman–Crippen MR) is 77.4 cm³/mol. The van der Waals surface area contributed by atoms with Crippen LogP contribution in [0.4, 0.5) is 0 Å². The van der Waals surface area contributed by atoms with E-state index < -0.39 is 0 Å². The fourth-order valence-electron chi connectivity index (χ4n) is 2.20. The molecule has 1 aliphatic rings. The Hall–Kier alpha value is -1.14. The summed E-state index contributed by atoms with van der Waals surface area (Å²) in [6.45, 7) is 8.71. The first-order valence-corrected chi connectivity index (χ1v) is 7.16. The van der Waals surface area contributed by atoms with Crippen molar-refractivity contribution < 1.29 is 14.3 Å².